The van der Waals surface area contributed by atoms with Crippen LogP contribution in [0.5, 0.6) is 11.5 Å². The molecule has 1 aliphatic rings. The number of allylic oxidation sites excluding steroid dienone is 1. The van der Waals surface area contributed by atoms with E-state index in [1.54, 1.807) is 0 Å². The summed E-state index contributed by atoms with van der Waals surface area (Å²) in [5.41, 5.74) is 11.6. The van der Waals surface area contributed by atoms with E-state index in [1.807, 2.05) is 12.3 Å². The van der Waals surface area contributed by atoms with E-state index in [0.717, 1.165) is 39.4 Å². The molecule has 5 heteroatoms. The summed E-state index contributed by atoms with van der Waals surface area (Å²) >= 11 is 0. The summed E-state index contributed by atoms with van der Waals surface area (Å²) in [5, 5.41) is 2.34. The number of para-hydroxylation sites is 1. The summed E-state index contributed by atoms with van der Waals surface area (Å²) < 4.78 is 9.04. The quantitative estimate of drug-likeness (QED) is 0.145. The van der Waals surface area contributed by atoms with E-state index in [0.29, 0.717) is 6.67 Å². The van der Waals surface area contributed by atoms with Crippen molar-refractivity contribution in [3.63, 3.8) is 0 Å². The van der Waals surface area contributed by atoms with Crippen molar-refractivity contribution in [2.24, 2.45) is 5.41 Å². The Hall–Kier alpha value is -6.59. The summed E-state index contributed by atoms with van der Waals surface area (Å²) in [6.45, 7) is 23.8. The lowest BCUT2D eigenvalue weighted by Gasteiger charge is -2.34. The molecule has 5 nitrogen and oxygen atoms in total. The molecule has 9 rings (SSSR count). The Morgan fingerprint density at radius 1 is 0.460 bits per heavy atom. The number of hydrogen-bond acceptors (Lipinski definition) is 4. The van der Waals surface area contributed by atoms with Gasteiger partial charge in [-0.3, -0.25) is 4.57 Å². The van der Waals surface area contributed by atoms with Gasteiger partial charge in [-0.1, -0.05) is 160 Å². The lowest BCUT2D eigenvalue weighted by atomic mass is 9.75. The number of hydrogen-bond donors (Lipinski definition) is 0. The molecule has 0 saturated carbocycles. The maximum atomic E-state index is 6.77. The van der Waals surface area contributed by atoms with Gasteiger partial charge in [0.2, 0.25) is 0 Å². The summed E-state index contributed by atoms with van der Waals surface area (Å²) in [6.07, 6.45) is 4.27. The molecule has 3 heterocycles. The van der Waals surface area contributed by atoms with E-state index in [1.165, 1.54) is 44.6 Å². The molecule has 0 amide bonds. The number of nitrogens with zero attached hydrogens (tertiary/aromatic N) is 4. The summed E-state index contributed by atoms with van der Waals surface area (Å²) in [4.78, 5) is 9.83. The van der Waals surface area contributed by atoms with Gasteiger partial charge < -0.3 is 14.5 Å². The van der Waals surface area contributed by atoms with Crippen molar-refractivity contribution >= 4 is 33.2 Å². The molecule has 63 heavy (non-hydrogen) atoms. The second-order valence-corrected chi connectivity index (χ2v) is 20.3. The summed E-state index contributed by atoms with van der Waals surface area (Å²) in [5.74, 6) is 2.43. The molecular formula is C58H60N4O. The SMILES string of the molecule is CC(C)(C)C1=CN(c2cccc(Oc3ccc4c5ccccc5n(-c5cc(C(C)(C)c6ccccc6)ccn5)c4c3)c2)CN1c1cc(C(C)(C)C)cc(C(C)(C)c2ccccc2)c1. The van der Waals surface area contributed by atoms with Crippen LogP contribution < -0.4 is 14.5 Å². The third kappa shape index (κ3) is 7.90. The van der Waals surface area contributed by atoms with Gasteiger partial charge in [0.1, 0.15) is 17.3 Å². The predicted molar refractivity (Wildman–Crippen MR) is 265 cm³/mol. The van der Waals surface area contributed by atoms with Gasteiger partial charge in [0.15, 0.2) is 0 Å². The Labute approximate surface area is 374 Å². The van der Waals surface area contributed by atoms with Gasteiger partial charge >= 0.3 is 0 Å². The highest BCUT2D eigenvalue weighted by Gasteiger charge is 2.34. The third-order valence-electron chi connectivity index (χ3n) is 13.2. The predicted octanol–water partition coefficient (Wildman–Crippen LogP) is 15.1. The van der Waals surface area contributed by atoms with Crippen LogP contribution in [0.2, 0.25) is 0 Å². The molecule has 0 fully saturated rings. The van der Waals surface area contributed by atoms with Crippen LogP contribution in [0.1, 0.15) is 97.1 Å². The minimum atomic E-state index is -0.203. The molecule has 0 spiro atoms. The average molecular weight is 829 g/mol. The number of fused-ring (bicyclic) bond motifs is 3. The molecule has 0 N–H and O–H groups in total. The molecule has 0 saturated heterocycles. The molecule has 0 unspecified atom stereocenters. The van der Waals surface area contributed by atoms with Gasteiger partial charge in [-0.2, -0.15) is 0 Å². The molecule has 0 aliphatic carbocycles. The van der Waals surface area contributed by atoms with E-state index in [4.69, 9.17) is 9.72 Å². The zero-order chi connectivity index (χ0) is 44.3. The van der Waals surface area contributed by atoms with Crippen molar-refractivity contribution in [1.82, 2.24) is 9.55 Å². The van der Waals surface area contributed by atoms with E-state index < -0.39 is 0 Å². The van der Waals surface area contributed by atoms with Crippen LogP contribution in [0.3, 0.4) is 0 Å². The first-order valence-electron chi connectivity index (χ1n) is 22.3. The van der Waals surface area contributed by atoms with E-state index in [2.05, 4.69) is 241 Å². The highest BCUT2D eigenvalue weighted by Crippen LogP contribution is 2.44. The zero-order valence-corrected chi connectivity index (χ0v) is 38.6. The van der Waals surface area contributed by atoms with E-state index >= 15 is 0 Å². The molecule has 2 aromatic heterocycles. The number of pyridine rings is 1. The first kappa shape index (κ1) is 41.7. The molecule has 8 aromatic rings. The van der Waals surface area contributed by atoms with Crippen molar-refractivity contribution in [2.75, 3.05) is 16.5 Å². The molecule has 6 aromatic carbocycles. The lowest BCUT2D eigenvalue weighted by molar-refractivity contribution is 0.483. The van der Waals surface area contributed by atoms with Gasteiger partial charge in [0.05, 0.1) is 17.7 Å². The lowest BCUT2D eigenvalue weighted by Crippen LogP contribution is -2.31. The van der Waals surface area contributed by atoms with Crippen LogP contribution in [-0.2, 0) is 16.2 Å². The molecule has 1 aliphatic heterocycles. The van der Waals surface area contributed by atoms with Crippen LogP contribution in [0, 0.1) is 5.41 Å². The normalized spacial score (nSPS) is 13.8. The molecule has 0 radical (unpaired) electrons. The number of benzene rings is 6. The van der Waals surface area contributed by atoms with Gasteiger partial charge in [0, 0.05) is 68.6 Å². The Bertz CT molecular complexity index is 2980. The fourth-order valence-corrected chi connectivity index (χ4v) is 9.12. The van der Waals surface area contributed by atoms with E-state index in [9.17, 15) is 0 Å². The summed E-state index contributed by atoms with van der Waals surface area (Å²) in [6, 6.07) is 56.7. The van der Waals surface area contributed by atoms with Crippen molar-refractivity contribution in [3.8, 4) is 17.3 Å². The monoisotopic (exact) mass is 828 g/mol. The Kier molecular flexibility index (Phi) is 10.4. The van der Waals surface area contributed by atoms with Crippen LogP contribution in [0.25, 0.3) is 27.6 Å². The second kappa shape index (κ2) is 15.6. The van der Waals surface area contributed by atoms with E-state index in [-0.39, 0.29) is 21.7 Å². The van der Waals surface area contributed by atoms with Crippen molar-refractivity contribution in [2.45, 2.75) is 85.5 Å². The van der Waals surface area contributed by atoms with Crippen LogP contribution in [0.4, 0.5) is 11.4 Å². The smallest absolute Gasteiger partial charge is 0.137 e. The van der Waals surface area contributed by atoms with Gasteiger partial charge in [-0.05, 0) is 87.8 Å². The third-order valence-corrected chi connectivity index (χ3v) is 13.2. The number of rotatable bonds is 9. The average Bonchev–Trinajstić information content (AvgIpc) is 3.88. The largest absolute Gasteiger partial charge is 0.457 e. The first-order chi connectivity index (χ1) is 30.0. The number of ether oxygens (including phenoxy) is 1. The number of aromatic nitrogens is 2. The summed E-state index contributed by atoms with van der Waals surface area (Å²) in [7, 11) is 0. The highest BCUT2D eigenvalue weighted by molar-refractivity contribution is 6.09. The maximum Gasteiger partial charge on any atom is 0.137 e. The van der Waals surface area contributed by atoms with Crippen molar-refractivity contribution in [1.29, 1.82) is 0 Å². The van der Waals surface area contributed by atoms with Gasteiger partial charge in [0.25, 0.3) is 0 Å². The van der Waals surface area contributed by atoms with Crippen LogP contribution in [-0.4, -0.2) is 16.2 Å². The maximum absolute atomic E-state index is 6.77. The second-order valence-electron chi connectivity index (χ2n) is 20.3. The standard InChI is InChI=1S/C58H60N4O/c1-55(2,3)43-32-44(58(9,10)41-22-15-12-16-23-41)34-46(33-43)61-39-60(38-53(61)56(4,5)6)45-24-19-25-47(36-45)63-48-28-29-50-49-26-17-18-27-51(49)62(52(50)37-48)54-35-42(30-31-59-54)57(7,8)40-20-13-11-14-21-40/h11-38H,39H2,1-10H3. The van der Waals surface area contributed by atoms with Crippen molar-refractivity contribution < 1.29 is 4.74 Å². The first-order valence-corrected chi connectivity index (χ1v) is 22.3. The fourth-order valence-electron chi connectivity index (χ4n) is 9.12. The highest BCUT2D eigenvalue weighted by atomic mass is 16.5. The minimum Gasteiger partial charge on any atom is -0.457 e. The molecule has 318 valence electrons. The van der Waals surface area contributed by atoms with Crippen molar-refractivity contribution in [3.05, 3.63) is 204 Å². The zero-order valence-electron chi connectivity index (χ0n) is 38.6. The van der Waals surface area contributed by atoms with Crippen LogP contribution >= 0.6 is 0 Å². The van der Waals surface area contributed by atoms with Gasteiger partial charge in [-0.25, -0.2) is 4.98 Å². The Morgan fingerprint density at radius 3 is 1.76 bits per heavy atom. The fraction of sp³-hybridized carbons (Fsp3) is 0.259. The topological polar surface area (TPSA) is 33.5 Å². The molecule has 0 atom stereocenters. The molecular weight excluding hydrogens is 769 g/mol. The van der Waals surface area contributed by atoms with Crippen LogP contribution in [0.15, 0.2) is 176 Å². The Morgan fingerprint density at radius 2 is 1.08 bits per heavy atom. The minimum absolute atomic E-state index is 0.0224. The number of anilines is 2. The Balaban J connectivity index is 1.05. The molecule has 0 bridgehead atoms. The van der Waals surface area contributed by atoms with Gasteiger partial charge in [-0.15, -0.1) is 0 Å².